The average molecular weight is 1130 g/mol. The van der Waals surface area contributed by atoms with Gasteiger partial charge in [-0.25, -0.2) is 14.2 Å². The first-order valence-corrected chi connectivity index (χ1v) is 32.5. The second kappa shape index (κ2) is 50.3. The van der Waals surface area contributed by atoms with Crippen molar-refractivity contribution in [3.8, 4) is 0 Å². The zero-order valence-corrected chi connectivity index (χ0v) is 48.5. The van der Waals surface area contributed by atoms with Crippen LogP contribution in [-0.2, 0) is 46.9 Å². The van der Waals surface area contributed by atoms with Gasteiger partial charge in [0, 0.05) is 43.4 Å². The van der Waals surface area contributed by atoms with E-state index in [0.717, 1.165) is 63.5 Å². The van der Waals surface area contributed by atoms with Gasteiger partial charge in [0.25, 0.3) is 0 Å². The molecule has 0 aromatic rings. The number of esters is 2. The molecule has 2 rings (SSSR count). The summed E-state index contributed by atoms with van der Waals surface area (Å²) in [7, 11) is -4.65. The molecule has 20 heteroatoms. The third kappa shape index (κ3) is 42.3. The summed E-state index contributed by atoms with van der Waals surface area (Å²) in [6, 6.07) is 0.262. The molecule has 5 unspecified atom stereocenters. The van der Waals surface area contributed by atoms with Gasteiger partial charge in [0.15, 0.2) is 6.10 Å². The van der Waals surface area contributed by atoms with Crippen molar-refractivity contribution in [2.45, 2.75) is 268 Å². The van der Waals surface area contributed by atoms with Crippen molar-refractivity contribution >= 4 is 79.1 Å². The molecule has 0 aromatic heterocycles. The van der Waals surface area contributed by atoms with E-state index in [1.165, 1.54) is 141 Å². The number of unbranched alkanes of at least 4 members (excludes halogenated alkanes) is 29. The number of phosphoric ester groups is 1. The minimum atomic E-state index is -4.65. The van der Waals surface area contributed by atoms with Crippen molar-refractivity contribution in [3.63, 3.8) is 0 Å². The van der Waals surface area contributed by atoms with E-state index in [4.69, 9.17) is 28.0 Å². The molecule has 0 aliphatic carbocycles. The number of nitrogens with one attached hydrogen (secondary N) is 4. The first-order valence-electron chi connectivity index (χ1n) is 29.9. The van der Waals surface area contributed by atoms with Gasteiger partial charge in [0.1, 0.15) is 13.2 Å². The molecule has 0 spiro atoms. The molecule has 4 amide bonds. The number of carbonyl (C=O) groups is 5. The predicted molar refractivity (Wildman–Crippen MR) is 306 cm³/mol. The summed E-state index contributed by atoms with van der Waals surface area (Å²) >= 11 is 1.86. The number of ether oxygens (including phenoxy) is 4. The number of rotatable bonds is 53. The van der Waals surface area contributed by atoms with Gasteiger partial charge in [-0.05, 0) is 25.7 Å². The Morgan fingerprint density at radius 3 is 1.61 bits per heavy atom. The van der Waals surface area contributed by atoms with E-state index in [0.29, 0.717) is 31.1 Å². The van der Waals surface area contributed by atoms with Crippen molar-refractivity contribution < 1.29 is 61.4 Å². The van der Waals surface area contributed by atoms with Gasteiger partial charge in [-0.2, -0.15) is 11.8 Å². The number of thioether (sulfide) groups is 1. The molecule has 2 aliphatic heterocycles. The molecule has 0 saturated carbocycles. The van der Waals surface area contributed by atoms with Crippen LogP contribution in [0.2, 0.25) is 0 Å². The number of urea groups is 1. The number of fused-ring (bicyclic) bond motifs is 1. The van der Waals surface area contributed by atoms with Crippen LogP contribution in [0.25, 0.3) is 0 Å². The van der Waals surface area contributed by atoms with Crippen LogP contribution in [0, 0.1) is 0 Å². The Morgan fingerprint density at radius 2 is 1.07 bits per heavy atom. The molecule has 76 heavy (non-hydrogen) atoms. The second-order valence-electron chi connectivity index (χ2n) is 20.7. The number of hydrogen-bond donors (Lipinski definition) is 5. The topological polar surface area (TPSA) is 226 Å². The van der Waals surface area contributed by atoms with E-state index < -0.39 is 38.6 Å². The number of amides is 4. The van der Waals surface area contributed by atoms with E-state index >= 15 is 0 Å². The predicted octanol–water partition coefficient (Wildman–Crippen LogP) is 12.0. The molecular formula is C56H106N4NaO13PS. The van der Waals surface area contributed by atoms with Crippen LogP contribution >= 0.6 is 19.6 Å². The summed E-state index contributed by atoms with van der Waals surface area (Å²) in [5.41, 5.74) is 0. The van der Waals surface area contributed by atoms with Crippen molar-refractivity contribution in [1.82, 2.24) is 21.3 Å². The summed E-state index contributed by atoms with van der Waals surface area (Å²) in [5, 5.41) is 11.5. The molecule has 0 radical (unpaired) electrons. The number of alkyl carbamates (subject to hydrolysis) is 1. The average Bonchev–Trinajstić information content (AvgIpc) is 3.95. The Balaban J connectivity index is 0.0000289. The van der Waals surface area contributed by atoms with Gasteiger partial charge in [-0.1, -0.05) is 200 Å². The zero-order chi connectivity index (χ0) is 54.3. The van der Waals surface area contributed by atoms with Gasteiger partial charge in [-0.3, -0.25) is 23.4 Å². The maximum absolute atomic E-state index is 12.9. The van der Waals surface area contributed by atoms with E-state index in [-0.39, 0.29) is 106 Å². The monoisotopic (exact) mass is 1130 g/mol. The fourth-order valence-corrected chi connectivity index (χ4v) is 11.7. The molecule has 5 N–H and O–H groups in total. The standard InChI is InChI=1S/C56H105N4O13PS.Na.H/c1-3-5-7-9-11-13-15-17-19-21-23-25-27-29-31-37-52(62)70-45-48(73-53(63)38-32-30-28-26-24-22-20-18-16-14-12-10-8-6-4-2)46-72-74(66,67)71-42-40-58-56(65)69-44-43-68-41-39-57-51(61)36-34-33-35-50-54-49(47-75-50)59-55(64)60-54;;/h48-50,54H,3-47H2,1-2H3,(H,57,61)(H,58,65)(H,66,67)(H2,59,60,64);;. The van der Waals surface area contributed by atoms with Crippen molar-refractivity contribution in [3.05, 3.63) is 0 Å². The third-order valence-corrected chi connectivity index (χ3v) is 16.3. The molecule has 5 atom stereocenters. The van der Waals surface area contributed by atoms with Gasteiger partial charge >= 0.3 is 61.4 Å². The van der Waals surface area contributed by atoms with Crippen molar-refractivity contribution in [2.75, 3.05) is 58.5 Å². The van der Waals surface area contributed by atoms with E-state index in [1.807, 2.05) is 11.8 Å². The second-order valence-corrected chi connectivity index (χ2v) is 23.4. The normalized spacial score (nSPS) is 16.9. The third-order valence-electron chi connectivity index (χ3n) is 13.9. The first kappa shape index (κ1) is 72.4. The molecule has 17 nitrogen and oxygen atoms in total. The summed E-state index contributed by atoms with van der Waals surface area (Å²) in [6.45, 7) is 3.71. The molecule has 2 heterocycles. The minimum absolute atomic E-state index is 0. The summed E-state index contributed by atoms with van der Waals surface area (Å²) < 4.78 is 44.4. The first-order chi connectivity index (χ1) is 36.5. The number of hydrogen-bond acceptors (Lipinski definition) is 13. The quantitative estimate of drug-likeness (QED) is 0.00954. The Labute approximate surface area is 485 Å². The van der Waals surface area contributed by atoms with Gasteiger partial charge in [-0.15, -0.1) is 0 Å². The van der Waals surface area contributed by atoms with Gasteiger partial charge in [0.2, 0.25) is 5.91 Å². The van der Waals surface area contributed by atoms with E-state index in [9.17, 15) is 33.4 Å². The maximum atomic E-state index is 12.9. The summed E-state index contributed by atoms with van der Waals surface area (Å²) in [4.78, 5) is 71.8. The summed E-state index contributed by atoms with van der Waals surface area (Å²) in [5.74, 6) is -0.0790. The van der Waals surface area contributed by atoms with Crippen molar-refractivity contribution in [1.29, 1.82) is 0 Å². The van der Waals surface area contributed by atoms with Crippen LogP contribution in [-0.4, -0.2) is 146 Å². The van der Waals surface area contributed by atoms with Gasteiger partial charge in [0.05, 0.1) is 38.5 Å². The Hall–Kier alpha value is -1.63. The Bertz CT molecular complexity index is 1530. The van der Waals surface area contributed by atoms with E-state index in [1.54, 1.807) is 0 Å². The summed E-state index contributed by atoms with van der Waals surface area (Å²) in [6.07, 6.45) is 38.0. The molecule has 2 saturated heterocycles. The molecule has 0 bridgehead atoms. The van der Waals surface area contributed by atoms with Crippen molar-refractivity contribution in [2.24, 2.45) is 0 Å². The molecule has 2 fully saturated rings. The molecular weight excluding hydrogens is 1020 g/mol. The number of phosphoric acid groups is 1. The SMILES string of the molecule is CCCCCCCCCCCCCCCCCC(=O)OCC(COP(=O)(O)OCCNC(=O)OCCOCCNC(=O)CCCCC1SCC2NC(=O)NC21)OC(=O)CCCCCCCCCCCCCCCCC.[NaH]. The molecule has 440 valence electrons. The zero-order valence-electron chi connectivity index (χ0n) is 46.8. The van der Waals surface area contributed by atoms with Crippen LogP contribution in [0.15, 0.2) is 0 Å². The fraction of sp³-hybridized carbons (Fsp3) is 0.911. The van der Waals surface area contributed by atoms with Gasteiger partial charge < -0.3 is 45.1 Å². The number of carbonyl (C=O) groups excluding carboxylic acids is 5. The van der Waals surface area contributed by atoms with Crippen LogP contribution < -0.4 is 21.3 Å². The fourth-order valence-electron chi connectivity index (χ4n) is 9.40. The van der Waals surface area contributed by atoms with Crippen LogP contribution in [0.5, 0.6) is 0 Å². The molecule has 0 aromatic carbocycles. The van der Waals surface area contributed by atoms with E-state index in [2.05, 4.69) is 35.1 Å². The van der Waals surface area contributed by atoms with Crippen LogP contribution in [0.4, 0.5) is 9.59 Å². The van der Waals surface area contributed by atoms with Crippen LogP contribution in [0.3, 0.4) is 0 Å². The Kier molecular flexibility index (Phi) is 47.9. The van der Waals surface area contributed by atoms with Crippen LogP contribution in [0.1, 0.15) is 245 Å². The molecule has 2 aliphatic rings. The Morgan fingerprint density at radius 1 is 0.579 bits per heavy atom.